The Hall–Kier alpha value is -3.04. The number of nitrogens with zero attached hydrogens (tertiary/aromatic N) is 2. The van der Waals surface area contributed by atoms with E-state index in [1.165, 1.54) is 6.07 Å². The van der Waals surface area contributed by atoms with Gasteiger partial charge in [0.05, 0.1) is 28.9 Å². The summed E-state index contributed by atoms with van der Waals surface area (Å²) in [7, 11) is 0. The fourth-order valence-corrected chi connectivity index (χ4v) is 4.53. The molecule has 1 unspecified atom stereocenters. The second-order valence-electron chi connectivity index (χ2n) is 10.7. The summed E-state index contributed by atoms with van der Waals surface area (Å²) in [5.41, 5.74) is 0.838. The molecule has 2 N–H and O–H groups in total. The largest absolute Gasteiger partial charge is 0.491 e. The fourth-order valence-electron chi connectivity index (χ4n) is 4.53. The highest BCUT2D eigenvalue weighted by molar-refractivity contribution is 5.95. The van der Waals surface area contributed by atoms with Gasteiger partial charge in [-0.1, -0.05) is 12.1 Å². The third-order valence-electron chi connectivity index (χ3n) is 6.33. The molecule has 1 aliphatic rings. The monoisotopic (exact) mass is 550 g/mol. The van der Waals surface area contributed by atoms with Crippen LogP contribution in [0.15, 0.2) is 60.8 Å². The predicted molar refractivity (Wildman–Crippen MR) is 144 cm³/mol. The van der Waals surface area contributed by atoms with E-state index in [1.807, 2.05) is 51.6 Å². The highest BCUT2D eigenvalue weighted by atomic mass is 35.5. The zero-order chi connectivity index (χ0) is 27.0. The molecular formula is C28H34ClF3N4O2. The number of alkyl halides is 3. The van der Waals surface area contributed by atoms with Gasteiger partial charge in [-0.3, -0.25) is 14.8 Å². The molecule has 6 nitrogen and oxygen atoms in total. The van der Waals surface area contributed by atoms with E-state index in [1.54, 1.807) is 30.3 Å². The first-order chi connectivity index (χ1) is 17.3. The lowest BCUT2D eigenvalue weighted by molar-refractivity contribution is -0.137. The van der Waals surface area contributed by atoms with Crippen LogP contribution in [0.3, 0.4) is 0 Å². The summed E-state index contributed by atoms with van der Waals surface area (Å²) < 4.78 is 47.8. The molecule has 3 aromatic rings. The van der Waals surface area contributed by atoms with Crippen LogP contribution in [-0.4, -0.2) is 27.8 Å². The van der Waals surface area contributed by atoms with E-state index >= 15 is 0 Å². The van der Waals surface area contributed by atoms with E-state index in [0.717, 1.165) is 17.8 Å². The summed E-state index contributed by atoms with van der Waals surface area (Å²) in [4.78, 5) is 13.2. The lowest BCUT2D eigenvalue weighted by Gasteiger charge is -2.21. The van der Waals surface area contributed by atoms with Crippen molar-refractivity contribution in [3.05, 3.63) is 77.6 Å². The predicted octanol–water partition coefficient (Wildman–Crippen LogP) is 6.69. The number of anilines is 1. The van der Waals surface area contributed by atoms with Gasteiger partial charge >= 0.3 is 6.18 Å². The van der Waals surface area contributed by atoms with Gasteiger partial charge in [0.1, 0.15) is 5.75 Å². The molecule has 2 aromatic carbocycles. The van der Waals surface area contributed by atoms with Crippen LogP contribution in [0, 0.1) is 0 Å². The number of carbonyl (C=O) groups is 1. The number of nitrogens with one attached hydrogen (secondary N) is 2. The molecule has 0 aliphatic carbocycles. The van der Waals surface area contributed by atoms with Crippen LogP contribution in [0.5, 0.6) is 5.75 Å². The lowest BCUT2D eigenvalue weighted by atomic mass is 9.90. The third kappa shape index (κ3) is 6.88. The van der Waals surface area contributed by atoms with Crippen molar-refractivity contribution in [2.75, 3.05) is 5.32 Å². The van der Waals surface area contributed by atoms with Crippen molar-refractivity contribution in [1.82, 2.24) is 15.1 Å². The molecule has 1 amide bonds. The molecule has 10 heteroatoms. The van der Waals surface area contributed by atoms with Crippen LogP contribution < -0.4 is 15.4 Å². The minimum absolute atomic E-state index is 0. The number of benzene rings is 2. The number of amides is 1. The van der Waals surface area contributed by atoms with E-state index in [-0.39, 0.29) is 35.9 Å². The Morgan fingerprint density at radius 3 is 2.37 bits per heavy atom. The van der Waals surface area contributed by atoms with E-state index in [4.69, 9.17) is 9.84 Å². The smallest absolute Gasteiger partial charge is 0.416 e. The van der Waals surface area contributed by atoms with Crippen LogP contribution in [-0.2, 0) is 16.5 Å². The van der Waals surface area contributed by atoms with E-state index < -0.39 is 23.8 Å². The minimum atomic E-state index is -4.46. The highest BCUT2D eigenvalue weighted by Crippen LogP contribution is 2.41. The maximum absolute atomic E-state index is 13.4. The van der Waals surface area contributed by atoms with Gasteiger partial charge in [-0.05, 0) is 89.1 Å². The lowest BCUT2D eigenvalue weighted by Crippen LogP contribution is -2.36. The molecule has 38 heavy (non-hydrogen) atoms. The summed E-state index contributed by atoms with van der Waals surface area (Å²) in [5.74, 6) is 0.156. The second kappa shape index (κ2) is 11.4. The molecule has 1 saturated heterocycles. The number of rotatable bonds is 6. The molecule has 3 atom stereocenters. The molecule has 0 spiro atoms. The molecule has 1 aliphatic heterocycles. The molecule has 0 bridgehead atoms. The summed E-state index contributed by atoms with van der Waals surface area (Å²) in [6.07, 6.45) is -2.16. The van der Waals surface area contributed by atoms with Crippen molar-refractivity contribution in [3.63, 3.8) is 0 Å². The first-order valence-corrected chi connectivity index (χ1v) is 12.4. The number of hydrogen-bond acceptors (Lipinski definition) is 4. The van der Waals surface area contributed by atoms with Crippen molar-refractivity contribution in [3.8, 4) is 5.75 Å². The molecule has 1 aromatic heterocycles. The Morgan fingerprint density at radius 2 is 1.79 bits per heavy atom. The number of halogens is 4. The van der Waals surface area contributed by atoms with Crippen LogP contribution >= 0.6 is 12.4 Å². The Morgan fingerprint density at radius 1 is 1.11 bits per heavy atom. The minimum Gasteiger partial charge on any atom is -0.491 e. The Labute approximate surface area is 227 Å². The Balaban J connectivity index is 0.00000400. The number of ether oxygens (including phenoxy) is 1. The second-order valence-corrected chi connectivity index (χ2v) is 10.7. The van der Waals surface area contributed by atoms with Crippen LogP contribution in [0.1, 0.15) is 69.8 Å². The van der Waals surface area contributed by atoms with E-state index in [2.05, 4.69) is 10.6 Å². The van der Waals surface area contributed by atoms with Crippen LogP contribution in [0.2, 0.25) is 0 Å². The van der Waals surface area contributed by atoms with Gasteiger partial charge in [-0.25, -0.2) is 0 Å². The van der Waals surface area contributed by atoms with Gasteiger partial charge in [-0.15, -0.1) is 12.4 Å². The topological polar surface area (TPSA) is 68.2 Å². The molecule has 0 saturated carbocycles. The van der Waals surface area contributed by atoms with Gasteiger partial charge in [0, 0.05) is 23.8 Å². The third-order valence-corrected chi connectivity index (χ3v) is 6.33. The SMILES string of the molecule is CC(C)Oc1ccc(NC(=O)[C@@H]2CC(c3ccn(C(C)(C)C)n3)[C@H](c3cccc(C(F)(F)F)c3)N2)cc1.Cl. The van der Waals surface area contributed by atoms with Gasteiger partial charge in [0.2, 0.25) is 5.91 Å². The van der Waals surface area contributed by atoms with Gasteiger partial charge in [0.25, 0.3) is 0 Å². The Kier molecular flexibility index (Phi) is 8.83. The number of hydrogen-bond donors (Lipinski definition) is 2. The van der Waals surface area contributed by atoms with Gasteiger partial charge in [-0.2, -0.15) is 18.3 Å². The summed E-state index contributed by atoms with van der Waals surface area (Å²) in [6, 6.07) is 13.1. The standard InChI is InChI=1S/C28H33F3N4O2.ClH/c1-17(2)37-21-11-9-20(10-12-21)32-26(36)24-16-22(23-13-14-35(34-23)27(3,4)5)25(33-24)18-7-6-8-19(15-18)28(29,30)31;/h6-15,17,22,24-25,33H,16H2,1-5H3,(H,32,36);1H/t22?,24-,25-;/m0./s1. The summed E-state index contributed by atoms with van der Waals surface area (Å²) in [6.45, 7) is 9.94. The zero-order valence-corrected chi connectivity index (χ0v) is 22.9. The average molecular weight is 551 g/mol. The molecule has 0 radical (unpaired) electrons. The van der Waals surface area contributed by atoms with Crippen LogP contribution in [0.25, 0.3) is 0 Å². The molecule has 4 rings (SSSR count). The maximum Gasteiger partial charge on any atom is 0.416 e. The van der Waals surface area contributed by atoms with Crippen LogP contribution in [0.4, 0.5) is 18.9 Å². The van der Waals surface area contributed by atoms with Crippen molar-refractivity contribution in [1.29, 1.82) is 0 Å². The quantitative estimate of drug-likeness (QED) is 0.359. The first-order valence-electron chi connectivity index (χ1n) is 12.4. The van der Waals surface area contributed by atoms with E-state index in [9.17, 15) is 18.0 Å². The summed E-state index contributed by atoms with van der Waals surface area (Å²) >= 11 is 0. The molecular weight excluding hydrogens is 517 g/mol. The molecule has 2 heterocycles. The average Bonchev–Trinajstić information content (AvgIpc) is 3.47. The van der Waals surface area contributed by atoms with Crippen molar-refractivity contribution in [2.45, 2.75) is 76.9 Å². The van der Waals surface area contributed by atoms with Crippen molar-refractivity contribution >= 4 is 24.0 Å². The van der Waals surface area contributed by atoms with Gasteiger partial charge < -0.3 is 10.1 Å². The molecule has 1 fully saturated rings. The number of aromatic nitrogens is 2. The Bertz CT molecular complexity index is 1240. The fraction of sp³-hybridized carbons (Fsp3) is 0.429. The highest BCUT2D eigenvalue weighted by Gasteiger charge is 2.41. The first kappa shape index (κ1) is 29.5. The molecule has 206 valence electrons. The summed E-state index contributed by atoms with van der Waals surface area (Å²) in [5, 5.41) is 10.9. The van der Waals surface area contributed by atoms with Gasteiger partial charge in [0.15, 0.2) is 0 Å². The normalized spacial score (nSPS) is 19.8. The number of carbonyl (C=O) groups excluding carboxylic acids is 1. The zero-order valence-electron chi connectivity index (χ0n) is 22.0. The van der Waals surface area contributed by atoms with Crippen molar-refractivity contribution < 1.29 is 22.7 Å². The van der Waals surface area contributed by atoms with Crippen molar-refractivity contribution in [2.24, 2.45) is 0 Å². The maximum atomic E-state index is 13.4. The van der Waals surface area contributed by atoms with E-state index in [0.29, 0.717) is 23.4 Å².